The van der Waals surface area contributed by atoms with Gasteiger partial charge in [-0.2, -0.15) is 0 Å². The molecule has 0 aliphatic carbocycles. The molecule has 3 aliphatic rings. The molecule has 2 unspecified atom stereocenters. The van der Waals surface area contributed by atoms with Gasteiger partial charge in [-0.05, 0) is 43.2 Å². The minimum atomic E-state index is -0.0222. The van der Waals surface area contributed by atoms with Crippen molar-refractivity contribution in [2.24, 2.45) is 11.5 Å². The molecule has 0 radical (unpaired) electrons. The molecule has 27 heavy (non-hydrogen) atoms. The Labute approximate surface area is 161 Å². The third-order valence-electron chi connectivity index (χ3n) is 6.10. The van der Waals surface area contributed by atoms with Crippen molar-refractivity contribution in [2.75, 3.05) is 19.6 Å². The van der Waals surface area contributed by atoms with E-state index in [1.54, 1.807) is 0 Å². The third-order valence-corrected chi connectivity index (χ3v) is 6.10. The third kappa shape index (κ3) is 3.69. The molecule has 0 spiro atoms. The second-order valence-corrected chi connectivity index (χ2v) is 7.98. The van der Waals surface area contributed by atoms with Crippen LogP contribution in [0, 0.1) is 0 Å². The Kier molecular flexibility index (Phi) is 5.36. The van der Waals surface area contributed by atoms with Gasteiger partial charge in [0.25, 0.3) is 5.91 Å². The first-order valence-electron chi connectivity index (χ1n) is 10.2. The minimum Gasteiger partial charge on any atom is -0.363 e. The molecule has 0 bridgehead atoms. The van der Waals surface area contributed by atoms with E-state index in [1.807, 2.05) is 17.0 Å². The first-order valence-corrected chi connectivity index (χ1v) is 10.2. The highest BCUT2D eigenvalue weighted by Gasteiger charge is 2.39. The Morgan fingerprint density at radius 2 is 1.85 bits per heavy atom. The number of nitrogens with two attached hydrogens (primary N) is 2. The van der Waals surface area contributed by atoms with Crippen LogP contribution in [0.3, 0.4) is 0 Å². The summed E-state index contributed by atoms with van der Waals surface area (Å²) in [5.41, 5.74) is 14.4. The van der Waals surface area contributed by atoms with Gasteiger partial charge in [-0.25, -0.2) is 0 Å². The zero-order valence-electron chi connectivity index (χ0n) is 16.0. The van der Waals surface area contributed by atoms with Gasteiger partial charge in [-0.15, -0.1) is 0 Å². The molecule has 1 amide bonds. The number of rotatable bonds is 4. The number of hydrogen-bond acceptors (Lipinski definition) is 5. The maximum Gasteiger partial charge on any atom is 0.251 e. The summed E-state index contributed by atoms with van der Waals surface area (Å²) in [5.74, 6) is 1.23. The van der Waals surface area contributed by atoms with E-state index in [2.05, 4.69) is 28.1 Å². The predicted molar refractivity (Wildman–Crippen MR) is 106 cm³/mol. The summed E-state index contributed by atoms with van der Waals surface area (Å²) in [6.45, 7) is 3.80. The van der Waals surface area contributed by atoms with Crippen molar-refractivity contribution in [3.8, 4) is 0 Å². The number of likely N-dealkylation sites (tertiary alicyclic amines) is 1. The molecule has 6 heteroatoms. The fraction of sp³-hybridized carbons (Fsp3) is 0.571. The first kappa shape index (κ1) is 18.3. The van der Waals surface area contributed by atoms with Gasteiger partial charge in [0.1, 0.15) is 11.9 Å². The van der Waals surface area contributed by atoms with E-state index in [0.29, 0.717) is 13.1 Å². The number of nitrogens with zero attached hydrogens (tertiary/aromatic N) is 3. The van der Waals surface area contributed by atoms with Crippen molar-refractivity contribution >= 4 is 5.91 Å². The molecule has 146 valence electrons. The number of benzene rings is 1. The second kappa shape index (κ2) is 7.90. The van der Waals surface area contributed by atoms with Crippen molar-refractivity contribution in [3.05, 3.63) is 47.4 Å². The van der Waals surface area contributed by atoms with Crippen LogP contribution in [0.5, 0.6) is 0 Å². The van der Waals surface area contributed by atoms with Crippen molar-refractivity contribution in [2.45, 2.75) is 57.3 Å². The maximum atomic E-state index is 13.5. The van der Waals surface area contributed by atoms with Gasteiger partial charge in [0, 0.05) is 38.4 Å². The highest BCUT2D eigenvalue weighted by molar-refractivity contribution is 5.84. The summed E-state index contributed by atoms with van der Waals surface area (Å²) in [6, 6.07) is 8.32. The van der Waals surface area contributed by atoms with Gasteiger partial charge in [0.2, 0.25) is 0 Å². The summed E-state index contributed by atoms with van der Waals surface area (Å²) in [6.07, 6.45) is 7.57. The molecule has 4 N–H and O–H groups in total. The number of fused-ring (bicyclic) bond motifs is 1. The van der Waals surface area contributed by atoms with Crippen LogP contribution in [0.1, 0.15) is 43.2 Å². The monoisotopic (exact) mass is 369 g/mol. The lowest BCUT2D eigenvalue weighted by atomic mass is 9.98. The molecule has 2 saturated heterocycles. The van der Waals surface area contributed by atoms with Gasteiger partial charge in [-0.3, -0.25) is 9.69 Å². The lowest BCUT2D eigenvalue weighted by Gasteiger charge is -2.47. The average molecular weight is 370 g/mol. The maximum absolute atomic E-state index is 13.5. The number of carbonyl (C=O) groups is 1. The summed E-state index contributed by atoms with van der Waals surface area (Å²) < 4.78 is 0. The van der Waals surface area contributed by atoms with Crippen LogP contribution in [-0.2, 0) is 17.9 Å². The van der Waals surface area contributed by atoms with Crippen LogP contribution >= 0.6 is 0 Å². The van der Waals surface area contributed by atoms with E-state index >= 15 is 0 Å². The minimum absolute atomic E-state index is 0.0222. The molecular formula is C21H31N5O. The van der Waals surface area contributed by atoms with Crippen LogP contribution in [0.4, 0.5) is 0 Å². The Bertz CT molecular complexity index is 718. The van der Waals surface area contributed by atoms with E-state index in [9.17, 15) is 4.79 Å². The summed E-state index contributed by atoms with van der Waals surface area (Å²) >= 11 is 0. The van der Waals surface area contributed by atoms with E-state index < -0.39 is 0 Å². The largest absolute Gasteiger partial charge is 0.363 e. The topological polar surface area (TPSA) is 78.8 Å². The van der Waals surface area contributed by atoms with E-state index in [1.165, 1.54) is 0 Å². The van der Waals surface area contributed by atoms with Gasteiger partial charge in [-0.1, -0.05) is 24.3 Å². The number of carbonyl (C=O) groups excluding carboxylic acids is 1. The number of hydrogen-bond donors (Lipinski definition) is 2. The summed E-state index contributed by atoms with van der Waals surface area (Å²) in [5, 5.41) is 0. The van der Waals surface area contributed by atoms with Gasteiger partial charge < -0.3 is 21.3 Å². The molecule has 4 rings (SSSR count). The Balaban J connectivity index is 1.67. The van der Waals surface area contributed by atoms with Gasteiger partial charge in [0.05, 0.1) is 6.54 Å². The molecule has 2 fully saturated rings. The predicted octanol–water partition coefficient (Wildman–Crippen LogP) is 1.56. The number of amides is 1. The molecule has 0 aromatic heterocycles. The van der Waals surface area contributed by atoms with Crippen molar-refractivity contribution < 1.29 is 4.79 Å². The second-order valence-electron chi connectivity index (χ2n) is 7.98. The molecule has 1 aromatic carbocycles. The Hall–Kier alpha value is -2.05. The smallest absolute Gasteiger partial charge is 0.251 e. The average Bonchev–Trinajstić information content (AvgIpc) is 2.70. The van der Waals surface area contributed by atoms with Gasteiger partial charge >= 0.3 is 0 Å². The normalized spacial score (nSPS) is 26.1. The van der Waals surface area contributed by atoms with Gasteiger partial charge in [0.15, 0.2) is 0 Å². The number of piperidine rings is 2. The molecule has 6 nitrogen and oxygen atoms in total. The lowest BCUT2D eigenvalue weighted by Crippen LogP contribution is -2.56. The highest BCUT2D eigenvalue weighted by atomic mass is 16.2. The first-order chi connectivity index (χ1) is 13.2. The van der Waals surface area contributed by atoms with Crippen LogP contribution in [0.15, 0.2) is 36.3 Å². The molecule has 0 saturated carbocycles. The highest BCUT2D eigenvalue weighted by Crippen LogP contribution is 2.31. The quantitative estimate of drug-likeness (QED) is 0.842. The molecule has 1 aromatic rings. The molecule has 3 heterocycles. The zero-order valence-corrected chi connectivity index (χ0v) is 16.0. The van der Waals surface area contributed by atoms with E-state index in [4.69, 9.17) is 11.5 Å². The van der Waals surface area contributed by atoms with E-state index in [0.717, 1.165) is 68.7 Å². The molecular weight excluding hydrogens is 338 g/mol. The zero-order chi connectivity index (χ0) is 18.8. The van der Waals surface area contributed by atoms with Crippen LogP contribution in [-0.4, -0.2) is 52.3 Å². The van der Waals surface area contributed by atoms with Crippen LogP contribution < -0.4 is 11.5 Å². The lowest BCUT2D eigenvalue weighted by molar-refractivity contribution is -0.139. The standard InChI is InChI=1S/C21H31N5O/c22-12-16-6-1-2-7-17(16)13-26-20(25-11-5-8-18(23)14-25)15-24-10-4-3-9-19(24)21(26)27/h1-2,6-7,15,18-19H,3-5,8-14,22-23H2. The fourth-order valence-electron chi connectivity index (χ4n) is 4.59. The van der Waals surface area contributed by atoms with E-state index in [-0.39, 0.29) is 18.0 Å². The Morgan fingerprint density at radius 1 is 1.04 bits per heavy atom. The van der Waals surface area contributed by atoms with Crippen molar-refractivity contribution in [3.63, 3.8) is 0 Å². The Morgan fingerprint density at radius 3 is 2.63 bits per heavy atom. The molecule has 2 atom stereocenters. The van der Waals surface area contributed by atoms with Crippen LogP contribution in [0.25, 0.3) is 0 Å². The fourth-order valence-corrected chi connectivity index (χ4v) is 4.59. The SMILES string of the molecule is NCc1ccccc1CN1C(=O)C2CCCCN2C=C1N1CCCC(N)C1. The summed E-state index contributed by atoms with van der Waals surface area (Å²) in [4.78, 5) is 20.0. The summed E-state index contributed by atoms with van der Waals surface area (Å²) in [7, 11) is 0. The van der Waals surface area contributed by atoms with Crippen molar-refractivity contribution in [1.29, 1.82) is 0 Å². The van der Waals surface area contributed by atoms with Crippen LogP contribution in [0.2, 0.25) is 0 Å². The molecule has 3 aliphatic heterocycles. The van der Waals surface area contributed by atoms with Crippen molar-refractivity contribution in [1.82, 2.24) is 14.7 Å².